The fraction of sp³-hybridized carbons (Fsp3) is 0.333. The molecule has 222 valence electrons. The number of nitrogens with zero attached hydrogens (tertiary/aromatic N) is 3. The predicted molar refractivity (Wildman–Crippen MR) is 153 cm³/mol. The number of benzene rings is 2. The molecule has 10 nitrogen and oxygen atoms in total. The van der Waals surface area contributed by atoms with Crippen LogP contribution in [0.1, 0.15) is 34.7 Å². The van der Waals surface area contributed by atoms with E-state index in [4.69, 9.17) is 9.47 Å². The summed E-state index contributed by atoms with van der Waals surface area (Å²) in [6, 6.07) is 11.1. The molecule has 4 rings (SSSR count). The van der Waals surface area contributed by atoms with Crippen molar-refractivity contribution >= 4 is 29.2 Å². The molecular formula is C30H33F2N5O5. The molecule has 3 atom stereocenters. The summed E-state index contributed by atoms with van der Waals surface area (Å²) in [5.41, 5.74) is 0.344. The average molecular weight is 582 g/mol. The van der Waals surface area contributed by atoms with Gasteiger partial charge in [0.05, 0.1) is 23.4 Å². The molecule has 0 bridgehead atoms. The van der Waals surface area contributed by atoms with Crippen LogP contribution in [0, 0.1) is 17.6 Å². The van der Waals surface area contributed by atoms with Crippen LogP contribution in [0.15, 0.2) is 60.8 Å². The molecule has 2 N–H and O–H groups in total. The minimum atomic E-state index is -0.833. The lowest BCUT2D eigenvalue weighted by Crippen LogP contribution is -2.48. The molecule has 3 aromatic rings. The van der Waals surface area contributed by atoms with E-state index in [9.17, 15) is 23.2 Å². The number of carbonyl (C=O) groups is 3. The largest absolute Gasteiger partial charge is 0.491 e. The van der Waals surface area contributed by atoms with E-state index in [1.54, 1.807) is 43.5 Å². The molecular weight excluding hydrogens is 548 g/mol. The second kappa shape index (κ2) is 13.4. The molecule has 0 fully saturated rings. The standard InChI is InChI=1S/C30H33F2N5O5/c1-18-15-37(29(39)24-7-5-6-12-33-24)19(2)17-42-26-11-9-21(14-22(26)28(38)36(3)16-27(18)41-4)34-30(40)35-25-13-20(31)8-10-23(25)32/h5-14,18-19,27H,15-17H2,1-4H3,(H2,34,35,40)/t18-,19-,27+/m0/s1. The van der Waals surface area contributed by atoms with Crippen LogP contribution in [0.2, 0.25) is 0 Å². The van der Waals surface area contributed by atoms with Gasteiger partial charge in [-0.15, -0.1) is 0 Å². The molecule has 1 aliphatic rings. The van der Waals surface area contributed by atoms with E-state index >= 15 is 0 Å². The van der Waals surface area contributed by atoms with Crippen LogP contribution >= 0.6 is 0 Å². The highest BCUT2D eigenvalue weighted by molar-refractivity contribution is 6.02. The first-order chi connectivity index (χ1) is 20.1. The lowest BCUT2D eigenvalue weighted by Gasteiger charge is -2.36. The van der Waals surface area contributed by atoms with Crippen molar-refractivity contribution in [3.63, 3.8) is 0 Å². The molecule has 1 aromatic heterocycles. The topological polar surface area (TPSA) is 113 Å². The van der Waals surface area contributed by atoms with Gasteiger partial charge in [-0.05, 0) is 49.4 Å². The Labute approximate surface area is 242 Å². The molecule has 2 heterocycles. The number of methoxy groups -OCH3 is 1. The third-order valence-electron chi connectivity index (χ3n) is 7.02. The molecule has 0 radical (unpaired) electrons. The van der Waals surface area contributed by atoms with E-state index < -0.39 is 29.8 Å². The highest BCUT2D eigenvalue weighted by Gasteiger charge is 2.31. The van der Waals surface area contributed by atoms with Crippen LogP contribution in [-0.4, -0.2) is 78.6 Å². The second-order valence-corrected chi connectivity index (χ2v) is 10.2. The maximum Gasteiger partial charge on any atom is 0.323 e. The van der Waals surface area contributed by atoms with E-state index in [0.29, 0.717) is 12.2 Å². The average Bonchev–Trinajstić information content (AvgIpc) is 2.98. The van der Waals surface area contributed by atoms with Gasteiger partial charge in [0.2, 0.25) is 0 Å². The number of rotatable bonds is 4. The van der Waals surface area contributed by atoms with Gasteiger partial charge < -0.3 is 29.9 Å². The van der Waals surface area contributed by atoms with Crippen molar-refractivity contribution in [3.05, 3.63) is 83.7 Å². The number of hydrogen-bond acceptors (Lipinski definition) is 6. The Morgan fingerprint density at radius 3 is 2.55 bits per heavy atom. The maximum atomic E-state index is 14.0. The van der Waals surface area contributed by atoms with E-state index in [-0.39, 0.29) is 53.6 Å². The van der Waals surface area contributed by atoms with Gasteiger partial charge in [-0.3, -0.25) is 14.6 Å². The Hall–Kier alpha value is -4.58. The molecule has 0 spiro atoms. The van der Waals surface area contributed by atoms with Crippen molar-refractivity contribution in [1.82, 2.24) is 14.8 Å². The van der Waals surface area contributed by atoms with Crippen molar-refractivity contribution < 1.29 is 32.6 Å². The summed E-state index contributed by atoms with van der Waals surface area (Å²) in [5.74, 6) is -2.06. The number of nitrogens with one attached hydrogen (secondary N) is 2. The minimum absolute atomic E-state index is 0.0685. The Morgan fingerprint density at radius 1 is 1.05 bits per heavy atom. The SMILES string of the molecule is CO[C@@H]1CN(C)C(=O)c2cc(NC(=O)Nc3cc(F)ccc3F)ccc2OC[C@H](C)N(C(=O)c2ccccn2)C[C@@H]1C. The van der Waals surface area contributed by atoms with E-state index in [0.717, 1.165) is 18.2 Å². The maximum absolute atomic E-state index is 14.0. The molecule has 42 heavy (non-hydrogen) atoms. The third kappa shape index (κ3) is 7.19. The Morgan fingerprint density at radius 2 is 1.83 bits per heavy atom. The van der Waals surface area contributed by atoms with Crippen molar-refractivity contribution in [2.45, 2.75) is 26.0 Å². The molecule has 12 heteroatoms. The number of aromatic nitrogens is 1. The molecule has 2 aromatic carbocycles. The van der Waals surface area contributed by atoms with Gasteiger partial charge in [0.15, 0.2) is 0 Å². The number of urea groups is 1. The fourth-order valence-electron chi connectivity index (χ4n) is 4.65. The Bertz CT molecular complexity index is 1440. The zero-order valence-electron chi connectivity index (χ0n) is 23.8. The van der Waals surface area contributed by atoms with Gasteiger partial charge >= 0.3 is 6.03 Å². The number of carbonyl (C=O) groups excluding carboxylic acids is 3. The van der Waals surface area contributed by atoms with Crippen LogP contribution in [0.3, 0.4) is 0 Å². The molecule has 4 amide bonds. The Balaban J connectivity index is 1.61. The first-order valence-corrected chi connectivity index (χ1v) is 13.4. The van der Waals surface area contributed by atoms with Gasteiger partial charge in [-0.2, -0.15) is 0 Å². The molecule has 0 saturated heterocycles. The van der Waals surface area contributed by atoms with Crippen molar-refractivity contribution in [3.8, 4) is 5.75 Å². The summed E-state index contributed by atoms with van der Waals surface area (Å²) >= 11 is 0. The monoisotopic (exact) mass is 581 g/mol. The van der Waals surface area contributed by atoms with Crippen LogP contribution in [0.4, 0.5) is 25.0 Å². The summed E-state index contributed by atoms with van der Waals surface area (Å²) in [6.07, 6.45) is 1.16. The van der Waals surface area contributed by atoms with Gasteiger partial charge in [-0.25, -0.2) is 13.6 Å². The predicted octanol–water partition coefficient (Wildman–Crippen LogP) is 4.65. The van der Waals surface area contributed by atoms with Gasteiger partial charge in [0, 0.05) is 51.1 Å². The van der Waals surface area contributed by atoms with Gasteiger partial charge in [-0.1, -0.05) is 13.0 Å². The van der Waals surface area contributed by atoms with Crippen LogP contribution in [0.25, 0.3) is 0 Å². The summed E-state index contributed by atoms with van der Waals surface area (Å²) in [4.78, 5) is 47.0. The van der Waals surface area contributed by atoms with E-state index in [1.165, 1.54) is 23.1 Å². The number of halogens is 2. The lowest BCUT2D eigenvalue weighted by atomic mass is 10.0. The first kappa shape index (κ1) is 30.4. The van der Waals surface area contributed by atoms with Gasteiger partial charge in [0.25, 0.3) is 11.8 Å². The lowest BCUT2D eigenvalue weighted by molar-refractivity contribution is 0.0109. The molecule has 0 unspecified atom stereocenters. The number of amides is 4. The number of fused-ring (bicyclic) bond motifs is 1. The summed E-state index contributed by atoms with van der Waals surface area (Å²) in [5, 5.41) is 4.79. The number of likely N-dealkylation sites (N-methyl/N-ethyl adjacent to an activating group) is 1. The minimum Gasteiger partial charge on any atom is -0.491 e. The highest BCUT2D eigenvalue weighted by atomic mass is 19.1. The first-order valence-electron chi connectivity index (χ1n) is 13.4. The second-order valence-electron chi connectivity index (χ2n) is 10.2. The van der Waals surface area contributed by atoms with E-state index in [1.807, 2.05) is 13.8 Å². The summed E-state index contributed by atoms with van der Waals surface area (Å²) < 4.78 is 39.3. The quantitative estimate of drug-likeness (QED) is 0.464. The zero-order chi connectivity index (χ0) is 30.4. The van der Waals surface area contributed by atoms with Gasteiger partial charge in [0.1, 0.15) is 29.7 Å². The highest BCUT2D eigenvalue weighted by Crippen LogP contribution is 2.27. The summed E-state index contributed by atoms with van der Waals surface area (Å²) in [6.45, 7) is 4.42. The molecule has 0 aliphatic carbocycles. The number of hydrogen-bond donors (Lipinski definition) is 2. The van der Waals surface area contributed by atoms with Crippen molar-refractivity contribution in [2.75, 3.05) is 44.5 Å². The number of pyridine rings is 1. The fourth-order valence-corrected chi connectivity index (χ4v) is 4.65. The normalized spacial score (nSPS) is 19.6. The summed E-state index contributed by atoms with van der Waals surface area (Å²) in [7, 11) is 3.18. The Kier molecular flexibility index (Phi) is 9.68. The van der Waals surface area contributed by atoms with Crippen LogP contribution in [0.5, 0.6) is 5.75 Å². The molecule has 0 saturated carbocycles. The van der Waals surface area contributed by atoms with Crippen LogP contribution in [-0.2, 0) is 4.74 Å². The number of ether oxygens (including phenoxy) is 2. The molecule has 1 aliphatic heterocycles. The zero-order valence-corrected chi connectivity index (χ0v) is 23.8. The van der Waals surface area contributed by atoms with E-state index in [2.05, 4.69) is 15.6 Å². The number of anilines is 2. The van der Waals surface area contributed by atoms with Crippen molar-refractivity contribution in [2.24, 2.45) is 5.92 Å². The van der Waals surface area contributed by atoms with Crippen LogP contribution < -0.4 is 15.4 Å². The van der Waals surface area contributed by atoms with Crippen molar-refractivity contribution in [1.29, 1.82) is 0 Å². The third-order valence-corrected chi connectivity index (χ3v) is 7.02. The smallest absolute Gasteiger partial charge is 0.323 e.